The van der Waals surface area contributed by atoms with E-state index in [9.17, 15) is 4.79 Å². The van der Waals surface area contributed by atoms with Gasteiger partial charge >= 0.3 is 0 Å². The number of benzene rings is 2. The number of carbonyl (C=O) groups excluding carboxylic acids is 1. The topological polar surface area (TPSA) is 35.6 Å². The zero-order chi connectivity index (χ0) is 19.2. The maximum Gasteiger partial charge on any atom is 0.251 e. The molecule has 0 saturated carbocycles. The van der Waals surface area contributed by atoms with Gasteiger partial charge in [0.25, 0.3) is 5.91 Å². The summed E-state index contributed by atoms with van der Waals surface area (Å²) in [6, 6.07) is 12.8. The number of anilines is 1. The van der Waals surface area contributed by atoms with E-state index >= 15 is 0 Å². The van der Waals surface area contributed by atoms with Crippen molar-refractivity contribution >= 4 is 34.8 Å². The Morgan fingerprint density at radius 3 is 2.44 bits per heavy atom. The lowest BCUT2D eigenvalue weighted by Gasteiger charge is -2.36. The average molecular weight is 402 g/mol. The van der Waals surface area contributed by atoms with E-state index in [1.807, 2.05) is 12.1 Å². The van der Waals surface area contributed by atoms with Crippen molar-refractivity contribution in [2.45, 2.75) is 0 Å². The van der Waals surface area contributed by atoms with Crippen LogP contribution in [0.15, 0.2) is 42.5 Å². The van der Waals surface area contributed by atoms with Gasteiger partial charge < -0.3 is 10.2 Å². The molecular weight excluding hydrogens is 381 g/mol. The van der Waals surface area contributed by atoms with Gasteiger partial charge in [-0.05, 0) is 36.4 Å². The van der Waals surface area contributed by atoms with Crippen LogP contribution in [-0.4, -0.2) is 50.1 Å². The number of piperazine rings is 1. The van der Waals surface area contributed by atoms with Crippen molar-refractivity contribution < 1.29 is 4.79 Å². The Morgan fingerprint density at radius 1 is 1.07 bits per heavy atom. The molecule has 1 saturated heterocycles. The summed E-state index contributed by atoms with van der Waals surface area (Å²) in [5.41, 5.74) is 2.37. The van der Waals surface area contributed by atoms with Crippen molar-refractivity contribution in [2.75, 3.05) is 44.2 Å². The molecule has 0 bridgehead atoms. The molecule has 2 aromatic rings. The second-order valence-electron chi connectivity index (χ2n) is 6.38. The SMILES string of the molecule is C#Cc1ccc(C(=O)NCCN2CCN(c3cccc(Cl)c3Cl)CC2)cc1. The van der Waals surface area contributed by atoms with Gasteiger partial charge in [0.1, 0.15) is 0 Å². The molecule has 0 radical (unpaired) electrons. The summed E-state index contributed by atoms with van der Waals surface area (Å²) >= 11 is 12.4. The molecule has 2 aromatic carbocycles. The van der Waals surface area contributed by atoms with Crippen LogP contribution >= 0.6 is 23.2 Å². The third-order valence-electron chi connectivity index (χ3n) is 4.67. The molecule has 0 spiro atoms. The Bertz CT molecular complexity index is 837. The molecule has 1 amide bonds. The van der Waals surface area contributed by atoms with E-state index in [-0.39, 0.29) is 5.91 Å². The lowest BCUT2D eigenvalue weighted by molar-refractivity contribution is 0.0948. The summed E-state index contributed by atoms with van der Waals surface area (Å²) in [5, 5.41) is 4.14. The second-order valence-corrected chi connectivity index (χ2v) is 7.16. The number of rotatable bonds is 5. The zero-order valence-electron chi connectivity index (χ0n) is 14.9. The van der Waals surface area contributed by atoms with Gasteiger partial charge in [-0.3, -0.25) is 9.69 Å². The fraction of sp³-hybridized carbons (Fsp3) is 0.286. The number of nitrogens with one attached hydrogen (secondary N) is 1. The van der Waals surface area contributed by atoms with Crippen LogP contribution in [0.25, 0.3) is 0 Å². The molecule has 0 atom stereocenters. The first-order valence-corrected chi connectivity index (χ1v) is 9.60. The number of carbonyl (C=O) groups is 1. The number of halogens is 2. The molecule has 1 aliphatic rings. The molecule has 0 unspecified atom stereocenters. The average Bonchev–Trinajstić information content (AvgIpc) is 2.71. The third-order valence-corrected chi connectivity index (χ3v) is 5.48. The zero-order valence-corrected chi connectivity index (χ0v) is 16.4. The predicted octanol–water partition coefficient (Wildman–Crippen LogP) is 3.53. The Balaban J connectivity index is 1.43. The molecule has 1 N–H and O–H groups in total. The molecule has 140 valence electrons. The summed E-state index contributed by atoms with van der Waals surface area (Å²) in [6.45, 7) is 4.99. The standard InChI is InChI=1S/C21H21Cl2N3O/c1-2-16-6-8-17(9-7-16)21(27)24-10-11-25-12-14-26(15-13-25)19-5-3-4-18(22)20(19)23/h1,3-9H,10-15H2,(H,24,27). The van der Waals surface area contributed by atoms with Gasteiger partial charge in [0.15, 0.2) is 0 Å². The van der Waals surface area contributed by atoms with Crippen molar-refractivity contribution in [2.24, 2.45) is 0 Å². The summed E-state index contributed by atoms with van der Waals surface area (Å²) in [5.74, 6) is 2.46. The van der Waals surface area contributed by atoms with E-state index in [1.54, 1.807) is 30.3 Å². The Labute approximate surface area is 170 Å². The number of hydrogen-bond acceptors (Lipinski definition) is 3. The lowest BCUT2D eigenvalue weighted by atomic mass is 10.1. The summed E-state index contributed by atoms with van der Waals surface area (Å²) in [4.78, 5) is 16.8. The molecule has 1 fully saturated rings. The number of terminal acetylenes is 1. The molecule has 1 heterocycles. The van der Waals surface area contributed by atoms with Crippen molar-refractivity contribution in [3.63, 3.8) is 0 Å². The van der Waals surface area contributed by atoms with Crippen LogP contribution in [0.2, 0.25) is 10.0 Å². The monoisotopic (exact) mass is 401 g/mol. The van der Waals surface area contributed by atoms with Crippen LogP contribution < -0.4 is 10.2 Å². The van der Waals surface area contributed by atoms with Gasteiger partial charge in [-0.15, -0.1) is 6.42 Å². The number of hydrogen-bond donors (Lipinski definition) is 1. The van der Waals surface area contributed by atoms with Crippen LogP contribution in [0.3, 0.4) is 0 Å². The summed E-state index contributed by atoms with van der Waals surface area (Å²) in [6.07, 6.45) is 5.33. The van der Waals surface area contributed by atoms with Gasteiger partial charge in [0.05, 0.1) is 15.7 Å². The third kappa shape index (κ3) is 4.95. The van der Waals surface area contributed by atoms with Crippen LogP contribution in [0.4, 0.5) is 5.69 Å². The maximum absolute atomic E-state index is 12.2. The maximum atomic E-state index is 12.2. The molecule has 0 aliphatic carbocycles. The highest BCUT2D eigenvalue weighted by atomic mass is 35.5. The quantitative estimate of drug-likeness (QED) is 0.778. The van der Waals surface area contributed by atoms with Gasteiger partial charge in [-0.25, -0.2) is 0 Å². The van der Waals surface area contributed by atoms with Crippen LogP contribution in [0.5, 0.6) is 0 Å². The smallest absolute Gasteiger partial charge is 0.251 e. The predicted molar refractivity (Wildman–Crippen MR) is 112 cm³/mol. The Kier molecular flexibility index (Phi) is 6.63. The van der Waals surface area contributed by atoms with E-state index in [2.05, 4.69) is 21.0 Å². The molecule has 0 aromatic heterocycles. The van der Waals surface area contributed by atoms with Crippen molar-refractivity contribution in [3.8, 4) is 12.3 Å². The summed E-state index contributed by atoms with van der Waals surface area (Å²) in [7, 11) is 0. The molecular formula is C21H21Cl2N3O. The first kappa shape index (κ1) is 19.6. The first-order valence-electron chi connectivity index (χ1n) is 8.84. The van der Waals surface area contributed by atoms with Crippen molar-refractivity contribution in [1.29, 1.82) is 0 Å². The molecule has 6 heteroatoms. The Hall–Kier alpha value is -2.19. The lowest BCUT2D eigenvalue weighted by Crippen LogP contribution is -2.48. The summed E-state index contributed by atoms with van der Waals surface area (Å²) < 4.78 is 0. The molecule has 1 aliphatic heterocycles. The normalized spacial score (nSPS) is 14.6. The minimum absolute atomic E-state index is 0.0806. The van der Waals surface area contributed by atoms with E-state index in [4.69, 9.17) is 29.6 Å². The van der Waals surface area contributed by atoms with Crippen molar-refractivity contribution in [1.82, 2.24) is 10.2 Å². The molecule has 27 heavy (non-hydrogen) atoms. The highest BCUT2D eigenvalue weighted by Crippen LogP contribution is 2.32. The fourth-order valence-electron chi connectivity index (χ4n) is 3.10. The highest BCUT2D eigenvalue weighted by molar-refractivity contribution is 6.43. The van der Waals surface area contributed by atoms with Crippen LogP contribution in [-0.2, 0) is 0 Å². The van der Waals surface area contributed by atoms with Gasteiger partial charge in [-0.1, -0.05) is 35.2 Å². The van der Waals surface area contributed by atoms with E-state index in [0.717, 1.165) is 44.0 Å². The number of nitrogens with zero attached hydrogens (tertiary/aromatic N) is 2. The first-order chi connectivity index (χ1) is 13.1. The Morgan fingerprint density at radius 2 is 1.78 bits per heavy atom. The minimum Gasteiger partial charge on any atom is -0.368 e. The molecule has 3 rings (SSSR count). The highest BCUT2D eigenvalue weighted by Gasteiger charge is 2.19. The van der Waals surface area contributed by atoms with E-state index in [1.165, 1.54) is 0 Å². The second kappa shape index (κ2) is 9.14. The fourth-order valence-corrected chi connectivity index (χ4v) is 3.51. The van der Waals surface area contributed by atoms with Gasteiger partial charge in [-0.2, -0.15) is 0 Å². The van der Waals surface area contributed by atoms with Crippen LogP contribution in [0.1, 0.15) is 15.9 Å². The minimum atomic E-state index is -0.0806. The van der Waals surface area contributed by atoms with E-state index in [0.29, 0.717) is 22.2 Å². The van der Waals surface area contributed by atoms with Gasteiger partial charge in [0, 0.05) is 50.4 Å². The molecule has 4 nitrogen and oxygen atoms in total. The van der Waals surface area contributed by atoms with E-state index < -0.39 is 0 Å². The number of amides is 1. The largest absolute Gasteiger partial charge is 0.368 e. The van der Waals surface area contributed by atoms with Crippen molar-refractivity contribution in [3.05, 3.63) is 63.6 Å². The van der Waals surface area contributed by atoms with Crippen LogP contribution in [0, 0.1) is 12.3 Å². The van der Waals surface area contributed by atoms with Gasteiger partial charge in [0.2, 0.25) is 0 Å².